The summed E-state index contributed by atoms with van der Waals surface area (Å²) in [6, 6.07) is 0. The van der Waals surface area contributed by atoms with Gasteiger partial charge in [0.1, 0.15) is 0 Å². The minimum Gasteiger partial charge on any atom is -1.00 e. The van der Waals surface area contributed by atoms with Crippen LogP contribution in [0.5, 0.6) is 0 Å². The second kappa shape index (κ2) is 15.5. The summed E-state index contributed by atoms with van der Waals surface area (Å²) >= 11 is 0. The van der Waals surface area contributed by atoms with Gasteiger partial charge in [0.25, 0.3) is 0 Å². The maximum Gasteiger partial charge on any atom is 2.00 e. The molecular formula is C14H20BrP2PdRu+3. The zero-order chi connectivity index (χ0) is 12.0. The Balaban J connectivity index is -0.000000233. The van der Waals surface area contributed by atoms with Crippen LogP contribution in [0, 0.1) is 62.7 Å². The van der Waals surface area contributed by atoms with Crippen LogP contribution >= 0.6 is 15.8 Å². The minimum atomic E-state index is 0. The van der Waals surface area contributed by atoms with Crippen molar-refractivity contribution >= 4 is 15.8 Å². The number of hydrogen-bond acceptors (Lipinski definition) is 0. The van der Waals surface area contributed by atoms with Crippen molar-refractivity contribution in [3.05, 3.63) is 62.7 Å². The predicted octanol–water partition coefficient (Wildman–Crippen LogP) is 1.18. The van der Waals surface area contributed by atoms with Crippen LogP contribution in [0.3, 0.4) is 0 Å². The van der Waals surface area contributed by atoms with E-state index in [2.05, 4.69) is 78.0 Å². The van der Waals surface area contributed by atoms with Crippen LogP contribution in [0.1, 0.15) is 0 Å². The fourth-order valence-electron chi connectivity index (χ4n) is 1.32. The van der Waals surface area contributed by atoms with E-state index in [0.29, 0.717) is 0 Å². The normalized spacial score (nSPS) is 19.3. The third-order valence-corrected chi connectivity index (χ3v) is 4.98. The van der Waals surface area contributed by atoms with Crippen LogP contribution in [0.15, 0.2) is 0 Å². The quantitative estimate of drug-likeness (QED) is 0.367. The molecule has 19 heavy (non-hydrogen) atoms. The molecule has 2 aliphatic carbocycles. The van der Waals surface area contributed by atoms with Crippen LogP contribution in [0.25, 0.3) is 0 Å². The standard InChI is InChI=1S/2C7H10P.BrH.Pd.Ru/c2*1-8(2)7-5-3-4-6-7;;;/h2*3-6H,1-2H3;1H;;/q;;;2*+2/p-1. The molecule has 108 valence electrons. The van der Waals surface area contributed by atoms with Crippen LogP contribution in [0.2, 0.25) is 0 Å². The second-order valence-corrected chi connectivity index (χ2v) is 8.69. The molecule has 0 aromatic rings. The van der Waals surface area contributed by atoms with Crippen molar-refractivity contribution in [1.29, 1.82) is 0 Å². The van der Waals surface area contributed by atoms with E-state index >= 15 is 0 Å². The molecule has 0 aliphatic heterocycles. The first-order chi connectivity index (χ1) is 7.61. The molecule has 2 fully saturated rings. The van der Waals surface area contributed by atoms with Gasteiger partial charge in [-0.2, -0.15) is 0 Å². The van der Waals surface area contributed by atoms with Gasteiger partial charge in [-0.25, -0.2) is 0 Å². The van der Waals surface area contributed by atoms with Crippen LogP contribution in [0.4, 0.5) is 0 Å². The van der Waals surface area contributed by atoms with Gasteiger partial charge in [0, 0.05) is 11.3 Å². The molecule has 2 aliphatic rings. The van der Waals surface area contributed by atoms with E-state index in [0.717, 1.165) is 0 Å². The van der Waals surface area contributed by atoms with Gasteiger partial charge in [-0.1, -0.05) is 0 Å². The van der Waals surface area contributed by atoms with Crippen LogP contribution in [-0.4, -0.2) is 26.7 Å². The van der Waals surface area contributed by atoms with E-state index < -0.39 is 0 Å². The zero-order valence-electron chi connectivity index (χ0n) is 11.6. The van der Waals surface area contributed by atoms with Gasteiger partial charge >= 0.3 is 39.9 Å². The van der Waals surface area contributed by atoms with E-state index in [-0.39, 0.29) is 72.7 Å². The molecular weight excluding hydrogens is 517 g/mol. The van der Waals surface area contributed by atoms with Crippen molar-refractivity contribution in [2.75, 3.05) is 26.7 Å². The van der Waals surface area contributed by atoms with Gasteiger partial charge in [-0.15, -0.1) is 15.8 Å². The molecule has 0 atom stereocenters. The molecule has 0 unspecified atom stereocenters. The largest absolute Gasteiger partial charge is 2.00 e. The Hall–Kier alpha value is 2.63. The summed E-state index contributed by atoms with van der Waals surface area (Å²) in [5.41, 5.74) is 3.00. The van der Waals surface area contributed by atoms with E-state index in [1.54, 1.807) is 0 Å². The van der Waals surface area contributed by atoms with Crippen LogP contribution < -0.4 is 17.0 Å². The fourth-order valence-corrected chi connectivity index (χ4v) is 2.86. The van der Waals surface area contributed by atoms with Crippen molar-refractivity contribution < 1.29 is 56.9 Å². The topological polar surface area (TPSA) is 0 Å². The third kappa shape index (κ3) is 11.8. The Morgan fingerprint density at radius 1 is 0.632 bits per heavy atom. The van der Waals surface area contributed by atoms with Crippen molar-refractivity contribution in [2.24, 2.45) is 0 Å². The Labute approximate surface area is 161 Å². The Morgan fingerprint density at radius 2 is 0.842 bits per heavy atom. The van der Waals surface area contributed by atoms with Crippen molar-refractivity contribution in [2.45, 2.75) is 0 Å². The van der Waals surface area contributed by atoms with Gasteiger partial charge in [0.2, 0.25) is 0 Å². The number of halogens is 1. The fraction of sp³-hybridized carbons (Fsp3) is 0.286. The van der Waals surface area contributed by atoms with Gasteiger partial charge in [0.15, 0.2) is 0 Å². The SMILES string of the molecule is CP(C)[C]1[CH][CH][CH][CH]1.CP(C)[C]1[CH][CH][CH][CH]1.[Br-].[Pd+2].[Ru+2]. The number of rotatable bonds is 2. The molecule has 2 rings (SSSR count). The average molecular weight is 538 g/mol. The maximum absolute atomic E-state index is 2.27. The summed E-state index contributed by atoms with van der Waals surface area (Å²) < 4.78 is 0. The molecule has 0 bridgehead atoms. The average Bonchev–Trinajstić information content (AvgIpc) is 2.93. The summed E-state index contributed by atoms with van der Waals surface area (Å²) in [6.45, 7) is 9.07. The molecule has 0 saturated heterocycles. The zero-order valence-corrected chi connectivity index (χ0v) is 18.2. The molecule has 0 aromatic heterocycles. The monoisotopic (exact) mass is 537 g/mol. The molecule has 2 saturated carbocycles. The molecule has 0 spiro atoms. The predicted molar refractivity (Wildman–Crippen MR) is 78.4 cm³/mol. The molecule has 0 aromatic carbocycles. The summed E-state index contributed by atoms with van der Waals surface area (Å²) in [4.78, 5) is 0. The first-order valence-corrected chi connectivity index (χ1v) is 9.86. The Kier molecular flexibility index (Phi) is 21.7. The van der Waals surface area contributed by atoms with Crippen LogP contribution in [-0.2, 0) is 39.9 Å². The first-order valence-electron chi connectivity index (χ1n) is 5.39. The van der Waals surface area contributed by atoms with Gasteiger partial charge < -0.3 is 17.0 Å². The minimum absolute atomic E-state index is 0. The van der Waals surface area contributed by atoms with E-state index in [1.807, 2.05) is 0 Å². The Morgan fingerprint density at radius 3 is 0.947 bits per heavy atom. The maximum atomic E-state index is 2.27. The van der Waals surface area contributed by atoms with Crippen molar-refractivity contribution in [1.82, 2.24) is 0 Å². The third-order valence-electron chi connectivity index (χ3n) is 2.32. The smallest absolute Gasteiger partial charge is 1.00 e. The van der Waals surface area contributed by atoms with Crippen molar-refractivity contribution in [3.8, 4) is 0 Å². The van der Waals surface area contributed by atoms with Gasteiger partial charge in [0.05, 0.1) is 0 Å². The van der Waals surface area contributed by atoms with E-state index in [4.69, 9.17) is 0 Å². The molecule has 0 N–H and O–H groups in total. The molecule has 5 heteroatoms. The van der Waals surface area contributed by atoms with Crippen molar-refractivity contribution in [3.63, 3.8) is 0 Å². The molecule has 0 nitrogen and oxygen atoms in total. The molecule has 10 radical (unpaired) electrons. The summed E-state index contributed by atoms with van der Waals surface area (Å²) in [5.74, 6) is 0. The molecule has 0 amide bonds. The Bertz CT molecular complexity index is 162. The van der Waals surface area contributed by atoms with E-state index in [1.165, 1.54) is 11.3 Å². The van der Waals surface area contributed by atoms with E-state index in [9.17, 15) is 0 Å². The first kappa shape index (κ1) is 26.5. The molecule has 0 heterocycles. The second-order valence-electron chi connectivity index (χ2n) is 4.08. The number of hydrogen-bond donors (Lipinski definition) is 0. The summed E-state index contributed by atoms with van der Waals surface area (Å²) in [7, 11) is 0.283. The van der Waals surface area contributed by atoms with Gasteiger partial charge in [-0.05, 0) is 78.0 Å². The van der Waals surface area contributed by atoms with Gasteiger partial charge in [-0.3, -0.25) is 0 Å². The summed E-state index contributed by atoms with van der Waals surface area (Å²) in [6.07, 6.45) is 17.1. The summed E-state index contributed by atoms with van der Waals surface area (Å²) in [5, 5.41) is 0.